The Morgan fingerprint density at radius 1 is 1.36 bits per heavy atom. The van der Waals surface area contributed by atoms with Crippen LogP contribution in [0.15, 0.2) is 0 Å². The Hall–Kier alpha value is 0.430. The van der Waals surface area contributed by atoms with E-state index in [9.17, 15) is 4.79 Å². The number of hydrogen-bond acceptors (Lipinski definition) is 1. The summed E-state index contributed by atoms with van der Waals surface area (Å²) in [5, 5.41) is 8.75. The molecular weight excluding hydrogens is 276 g/mol. The first-order chi connectivity index (χ1) is 5.11. The lowest BCUT2D eigenvalue weighted by molar-refractivity contribution is -0.142. The second-order valence-electron chi connectivity index (χ2n) is 2.87. The van der Waals surface area contributed by atoms with Crippen LogP contribution in [-0.4, -0.2) is 20.7 Å². The van der Waals surface area contributed by atoms with Crippen molar-refractivity contribution in [3.63, 3.8) is 0 Å². The molecule has 0 aromatic rings. The van der Waals surface area contributed by atoms with Crippen LogP contribution in [0.5, 0.6) is 0 Å². The minimum absolute atomic E-state index is 0.137. The van der Waals surface area contributed by atoms with E-state index in [4.69, 9.17) is 5.11 Å². The molecule has 0 aliphatic heterocycles. The maximum atomic E-state index is 10.6. The maximum Gasteiger partial charge on any atom is 0.307 e. The molecule has 1 saturated carbocycles. The van der Waals surface area contributed by atoms with E-state index in [1.807, 2.05) is 0 Å². The fourth-order valence-electron chi connectivity index (χ4n) is 1.35. The van der Waals surface area contributed by atoms with Crippen LogP contribution in [0.1, 0.15) is 19.3 Å². The zero-order valence-electron chi connectivity index (χ0n) is 5.96. The van der Waals surface area contributed by atoms with Crippen LogP contribution in [0.4, 0.5) is 0 Å². The van der Waals surface area contributed by atoms with Crippen molar-refractivity contribution < 1.29 is 9.90 Å². The van der Waals surface area contributed by atoms with E-state index in [1.165, 1.54) is 0 Å². The van der Waals surface area contributed by atoms with Gasteiger partial charge in [0.25, 0.3) is 0 Å². The molecule has 0 amide bonds. The van der Waals surface area contributed by atoms with Crippen LogP contribution in [0.25, 0.3) is 0 Å². The number of carbonyl (C=O) groups is 1. The molecule has 11 heavy (non-hydrogen) atoms. The molecule has 1 N–H and O–H groups in total. The molecule has 2 nitrogen and oxygen atoms in total. The number of carboxylic acids is 1. The highest BCUT2D eigenvalue weighted by molar-refractivity contribution is 9.10. The topological polar surface area (TPSA) is 37.3 Å². The Kier molecular flexibility index (Phi) is 3.37. The van der Waals surface area contributed by atoms with E-state index in [1.54, 1.807) is 0 Å². The van der Waals surface area contributed by atoms with E-state index in [-0.39, 0.29) is 10.7 Å². The summed E-state index contributed by atoms with van der Waals surface area (Å²) in [4.78, 5) is 11.3. The van der Waals surface area contributed by atoms with Gasteiger partial charge in [-0.2, -0.15) is 0 Å². The Morgan fingerprint density at radius 2 is 2.00 bits per heavy atom. The maximum absolute atomic E-state index is 10.6. The molecule has 4 heteroatoms. The van der Waals surface area contributed by atoms with Gasteiger partial charge in [-0.15, -0.1) is 0 Å². The molecule has 1 aliphatic carbocycles. The minimum atomic E-state index is -0.675. The van der Waals surface area contributed by atoms with Crippen LogP contribution < -0.4 is 0 Å². The molecule has 0 saturated heterocycles. The highest BCUT2D eigenvalue weighted by Gasteiger charge is 2.32. The Balaban J connectivity index is 2.50. The van der Waals surface area contributed by atoms with Crippen LogP contribution in [-0.2, 0) is 4.79 Å². The standard InChI is InChI=1S/C7H10Br2O2/c8-4-1-2-5(7(10)11)6(9)3-4/h4-6H,1-3H2,(H,10,11). The zero-order chi connectivity index (χ0) is 8.43. The van der Waals surface area contributed by atoms with E-state index in [0.717, 1.165) is 19.3 Å². The van der Waals surface area contributed by atoms with Gasteiger partial charge in [-0.25, -0.2) is 0 Å². The van der Waals surface area contributed by atoms with Crippen LogP contribution in [0.2, 0.25) is 0 Å². The van der Waals surface area contributed by atoms with E-state index in [2.05, 4.69) is 31.9 Å². The first-order valence-electron chi connectivity index (χ1n) is 3.62. The molecule has 1 fully saturated rings. The first-order valence-corrected chi connectivity index (χ1v) is 5.45. The van der Waals surface area contributed by atoms with E-state index in [0.29, 0.717) is 4.83 Å². The van der Waals surface area contributed by atoms with Gasteiger partial charge in [0.05, 0.1) is 5.92 Å². The molecule has 3 unspecified atom stereocenters. The zero-order valence-corrected chi connectivity index (χ0v) is 9.14. The molecule has 0 spiro atoms. The molecule has 3 atom stereocenters. The average Bonchev–Trinajstić information content (AvgIpc) is 1.85. The van der Waals surface area contributed by atoms with Gasteiger partial charge >= 0.3 is 5.97 Å². The van der Waals surface area contributed by atoms with Crippen molar-refractivity contribution in [2.45, 2.75) is 28.9 Å². The van der Waals surface area contributed by atoms with Crippen LogP contribution in [0, 0.1) is 5.92 Å². The van der Waals surface area contributed by atoms with Crippen molar-refractivity contribution in [2.24, 2.45) is 5.92 Å². The molecule has 0 radical (unpaired) electrons. The van der Waals surface area contributed by atoms with Crippen LogP contribution >= 0.6 is 31.9 Å². The lowest BCUT2D eigenvalue weighted by Gasteiger charge is -2.27. The van der Waals surface area contributed by atoms with Crippen molar-refractivity contribution in [3.8, 4) is 0 Å². The summed E-state index contributed by atoms with van der Waals surface area (Å²) >= 11 is 6.87. The SMILES string of the molecule is O=C(O)C1CCC(Br)CC1Br. The van der Waals surface area contributed by atoms with E-state index < -0.39 is 5.97 Å². The van der Waals surface area contributed by atoms with Gasteiger partial charge in [0, 0.05) is 9.65 Å². The Bertz CT molecular complexity index is 161. The summed E-state index contributed by atoms with van der Waals surface area (Å²) in [5.74, 6) is -0.866. The van der Waals surface area contributed by atoms with Gasteiger partial charge in [0.2, 0.25) is 0 Å². The molecular formula is C7H10Br2O2. The number of hydrogen-bond donors (Lipinski definition) is 1. The Morgan fingerprint density at radius 3 is 2.45 bits per heavy atom. The summed E-state index contributed by atoms with van der Waals surface area (Å²) in [6.45, 7) is 0. The third-order valence-corrected chi connectivity index (χ3v) is 3.87. The first kappa shape index (κ1) is 9.52. The number of alkyl halides is 2. The molecule has 1 rings (SSSR count). The van der Waals surface area contributed by atoms with Gasteiger partial charge in [-0.3, -0.25) is 4.79 Å². The molecule has 0 aromatic carbocycles. The monoisotopic (exact) mass is 284 g/mol. The van der Waals surface area contributed by atoms with Gasteiger partial charge in [0.1, 0.15) is 0 Å². The van der Waals surface area contributed by atoms with Gasteiger partial charge in [-0.05, 0) is 19.3 Å². The fourth-order valence-corrected chi connectivity index (χ4v) is 3.46. The highest BCUT2D eigenvalue weighted by atomic mass is 79.9. The van der Waals surface area contributed by atoms with Crippen molar-refractivity contribution in [1.82, 2.24) is 0 Å². The molecule has 0 aromatic heterocycles. The number of aliphatic carboxylic acids is 1. The summed E-state index contributed by atoms with van der Waals surface area (Å²) in [7, 11) is 0. The third kappa shape index (κ3) is 2.44. The largest absolute Gasteiger partial charge is 0.481 e. The average molecular weight is 286 g/mol. The summed E-state index contributed by atoms with van der Waals surface area (Å²) in [5.41, 5.74) is 0. The minimum Gasteiger partial charge on any atom is -0.481 e. The number of rotatable bonds is 1. The van der Waals surface area contributed by atoms with Crippen molar-refractivity contribution in [1.29, 1.82) is 0 Å². The highest BCUT2D eigenvalue weighted by Crippen LogP contribution is 2.33. The number of carboxylic acid groups (broad SMARTS) is 1. The summed E-state index contributed by atoms with van der Waals surface area (Å²) in [6.07, 6.45) is 2.66. The second kappa shape index (κ2) is 3.90. The lowest BCUT2D eigenvalue weighted by Crippen LogP contribution is -2.31. The van der Waals surface area contributed by atoms with Crippen LogP contribution in [0.3, 0.4) is 0 Å². The second-order valence-corrected chi connectivity index (χ2v) is 5.34. The molecule has 64 valence electrons. The van der Waals surface area contributed by atoms with Gasteiger partial charge in [0.15, 0.2) is 0 Å². The predicted molar refractivity (Wildman–Crippen MR) is 50.4 cm³/mol. The normalized spacial score (nSPS) is 38.5. The quantitative estimate of drug-likeness (QED) is 0.751. The predicted octanol–water partition coefficient (Wildman–Crippen LogP) is 2.40. The molecule has 0 heterocycles. The summed E-state index contributed by atoms with van der Waals surface area (Å²) < 4.78 is 0. The fraction of sp³-hybridized carbons (Fsp3) is 0.857. The lowest BCUT2D eigenvalue weighted by atomic mass is 9.89. The third-order valence-electron chi connectivity index (χ3n) is 2.03. The Labute approximate surface area is 82.6 Å². The van der Waals surface area contributed by atoms with Crippen molar-refractivity contribution >= 4 is 37.8 Å². The smallest absolute Gasteiger partial charge is 0.307 e. The van der Waals surface area contributed by atoms with Crippen molar-refractivity contribution in [3.05, 3.63) is 0 Å². The van der Waals surface area contributed by atoms with E-state index >= 15 is 0 Å². The van der Waals surface area contributed by atoms with Crippen molar-refractivity contribution in [2.75, 3.05) is 0 Å². The number of halogens is 2. The van der Waals surface area contributed by atoms with Gasteiger partial charge in [-0.1, -0.05) is 31.9 Å². The van der Waals surface area contributed by atoms with Gasteiger partial charge < -0.3 is 5.11 Å². The molecule has 1 aliphatic rings. The molecule has 0 bridgehead atoms. The summed E-state index contributed by atoms with van der Waals surface area (Å²) in [6, 6.07) is 0.